The van der Waals surface area contributed by atoms with E-state index in [1.54, 1.807) is 24.3 Å². The Morgan fingerprint density at radius 2 is 1.96 bits per heavy atom. The number of phenols is 1. The molecule has 2 heterocycles. The van der Waals surface area contributed by atoms with Crippen LogP contribution in [0.4, 0.5) is 8.78 Å². The van der Waals surface area contributed by atoms with Gasteiger partial charge in [-0.05, 0) is 41.5 Å². The SMILES string of the molecule is O=C1/C(=C/c2cccc(O)c2)SC(=S)N1Cc1ccc2c(c1)OC(F)(F)O2. The van der Waals surface area contributed by atoms with E-state index in [2.05, 4.69) is 9.47 Å². The molecule has 2 aromatic rings. The van der Waals surface area contributed by atoms with Gasteiger partial charge in [0.05, 0.1) is 11.4 Å². The quantitative estimate of drug-likeness (QED) is 0.610. The van der Waals surface area contributed by atoms with E-state index in [1.807, 2.05) is 0 Å². The van der Waals surface area contributed by atoms with Crippen LogP contribution in [0.25, 0.3) is 6.08 Å². The predicted octanol–water partition coefficient (Wildman–Crippen LogP) is 4.12. The van der Waals surface area contributed by atoms with Crippen molar-refractivity contribution >= 4 is 40.3 Å². The molecule has 0 radical (unpaired) electrons. The Hall–Kier alpha value is -2.65. The molecule has 0 aromatic heterocycles. The summed E-state index contributed by atoms with van der Waals surface area (Å²) in [6.45, 7) is 0.115. The van der Waals surface area contributed by atoms with Gasteiger partial charge in [0.1, 0.15) is 10.1 Å². The van der Waals surface area contributed by atoms with Crippen molar-refractivity contribution in [2.75, 3.05) is 0 Å². The first-order valence-corrected chi connectivity index (χ1v) is 8.96. The molecule has 2 aromatic carbocycles. The smallest absolute Gasteiger partial charge is 0.508 e. The zero-order chi connectivity index (χ0) is 19.2. The number of benzene rings is 2. The fraction of sp³-hybridized carbons (Fsp3) is 0.111. The van der Waals surface area contributed by atoms with Crippen molar-refractivity contribution in [1.82, 2.24) is 4.90 Å². The number of rotatable bonds is 3. The van der Waals surface area contributed by atoms with Crippen molar-refractivity contribution in [2.24, 2.45) is 0 Å². The third-order valence-corrected chi connectivity index (χ3v) is 5.23. The van der Waals surface area contributed by atoms with Crippen LogP contribution in [0, 0.1) is 0 Å². The number of amides is 1. The zero-order valence-electron chi connectivity index (χ0n) is 13.5. The summed E-state index contributed by atoms with van der Waals surface area (Å²) in [6.07, 6.45) is -2.05. The summed E-state index contributed by atoms with van der Waals surface area (Å²) in [5.74, 6) is -0.344. The van der Waals surface area contributed by atoms with Crippen LogP contribution in [0.1, 0.15) is 11.1 Å². The lowest BCUT2D eigenvalue weighted by molar-refractivity contribution is -0.286. The second-order valence-electron chi connectivity index (χ2n) is 5.81. The monoisotopic (exact) mass is 407 g/mol. The third-order valence-electron chi connectivity index (χ3n) is 3.85. The standard InChI is InChI=1S/C18H11F2NO4S2/c19-18(20)24-13-5-4-11(7-14(13)25-18)9-21-16(23)15(27-17(21)26)8-10-2-1-3-12(22)6-10/h1-8,22H,9H2/b15-8-. The molecule has 0 spiro atoms. The van der Waals surface area contributed by atoms with Gasteiger partial charge in [-0.3, -0.25) is 9.69 Å². The maximum Gasteiger partial charge on any atom is 0.586 e. The van der Waals surface area contributed by atoms with Gasteiger partial charge in [0.15, 0.2) is 11.5 Å². The molecule has 2 aliphatic heterocycles. The van der Waals surface area contributed by atoms with Crippen LogP contribution < -0.4 is 9.47 Å². The number of thioether (sulfide) groups is 1. The molecule has 5 nitrogen and oxygen atoms in total. The molecule has 4 rings (SSSR count). The average Bonchev–Trinajstić information content (AvgIpc) is 3.03. The number of phenolic OH excluding ortho intramolecular Hbond substituents is 1. The molecule has 0 saturated carbocycles. The number of carbonyl (C=O) groups excluding carboxylic acids is 1. The number of fused-ring (bicyclic) bond motifs is 1. The molecule has 1 amide bonds. The molecule has 1 saturated heterocycles. The van der Waals surface area contributed by atoms with Gasteiger partial charge in [-0.1, -0.05) is 42.2 Å². The van der Waals surface area contributed by atoms with E-state index in [0.29, 0.717) is 20.4 Å². The van der Waals surface area contributed by atoms with Gasteiger partial charge in [-0.15, -0.1) is 8.78 Å². The van der Waals surface area contributed by atoms with E-state index >= 15 is 0 Å². The van der Waals surface area contributed by atoms with Crippen molar-refractivity contribution in [3.8, 4) is 17.2 Å². The molecule has 0 aliphatic carbocycles. The van der Waals surface area contributed by atoms with E-state index in [0.717, 1.165) is 11.8 Å². The first kappa shape index (κ1) is 17.7. The average molecular weight is 407 g/mol. The number of carbonyl (C=O) groups is 1. The summed E-state index contributed by atoms with van der Waals surface area (Å²) in [5, 5.41) is 9.53. The van der Waals surface area contributed by atoms with E-state index in [4.69, 9.17) is 12.2 Å². The van der Waals surface area contributed by atoms with Crippen molar-refractivity contribution < 1.29 is 28.2 Å². The highest BCUT2D eigenvalue weighted by Gasteiger charge is 2.43. The maximum atomic E-state index is 13.1. The normalized spacial score (nSPS) is 19.2. The van der Waals surface area contributed by atoms with Crippen LogP contribution in [0.2, 0.25) is 0 Å². The first-order valence-electron chi connectivity index (χ1n) is 7.74. The Morgan fingerprint density at radius 1 is 1.19 bits per heavy atom. The Balaban J connectivity index is 1.54. The second kappa shape index (κ2) is 6.50. The van der Waals surface area contributed by atoms with Gasteiger partial charge in [0.2, 0.25) is 0 Å². The number of aromatic hydroxyl groups is 1. The van der Waals surface area contributed by atoms with Gasteiger partial charge < -0.3 is 14.6 Å². The summed E-state index contributed by atoms with van der Waals surface area (Å²) >= 11 is 6.41. The minimum atomic E-state index is -3.69. The van der Waals surface area contributed by atoms with Gasteiger partial charge in [-0.25, -0.2) is 0 Å². The molecule has 138 valence electrons. The molecule has 27 heavy (non-hydrogen) atoms. The van der Waals surface area contributed by atoms with Gasteiger partial charge >= 0.3 is 6.29 Å². The molecule has 2 aliphatic rings. The largest absolute Gasteiger partial charge is 0.586 e. The van der Waals surface area contributed by atoms with Gasteiger partial charge in [-0.2, -0.15) is 0 Å². The van der Waals surface area contributed by atoms with Crippen molar-refractivity contribution in [3.63, 3.8) is 0 Å². The van der Waals surface area contributed by atoms with Crippen molar-refractivity contribution in [3.05, 3.63) is 58.5 Å². The minimum Gasteiger partial charge on any atom is -0.508 e. The van der Waals surface area contributed by atoms with Crippen LogP contribution >= 0.6 is 24.0 Å². The highest BCUT2D eigenvalue weighted by molar-refractivity contribution is 8.26. The summed E-state index contributed by atoms with van der Waals surface area (Å²) in [6, 6.07) is 10.8. The van der Waals surface area contributed by atoms with E-state index in [-0.39, 0.29) is 29.7 Å². The highest BCUT2D eigenvalue weighted by Crippen LogP contribution is 2.42. The molecule has 1 N–H and O–H groups in total. The molecule has 0 unspecified atom stereocenters. The summed E-state index contributed by atoms with van der Waals surface area (Å²) in [7, 11) is 0. The molecule has 0 atom stereocenters. The number of halogens is 2. The molecule has 0 bridgehead atoms. The fourth-order valence-corrected chi connectivity index (χ4v) is 3.93. The van der Waals surface area contributed by atoms with Crippen LogP contribution in [-0.2, 0) is 11.3 Å². The number of hydrogen-bond acceptors (Lipinski definition) is 6. The molecular weight excluding hydrogens is 396 g/mol. The zero-order valence-corrected chi connectivity index (χ0v) is 15.2. The molecule has 9 heteroatoms. The number of hydrogen-bond donors (Lipinski definition) is 1. The lowest BCUT2D eigenvalue weighted by Gasteiger charge is -2.14. The fourth-order valence-electron chi connectivity index (χ4n) is 2.68. The van der Waals surface area contributed by atoms with Crippen molar-refractivity contribution in [1.29, 1.82) is 0 Å². The summed E-state index contributed by atoms with van der Waals surface area (Å²) in [4.78, 5) is 14.5. The Bertz CT molecular complexity index is 993. The van der Waals surface area contributed by atoms with Gasteiger partial charge in [0.25, 0.3) is 5.91 Å². The minimum absolute atomic E-state index is 0.0575. The summed E-state index contributed by atoms with van der Waals surface area (Å²) in [5.41, 5.74) is 1.24. The van der Waals surface area contributed by atoms with Crippen LogP contribution in [0.15, 0.2) is 47.4 Å². The van der Waals surface area contributed by atoms with Gasteiger partial charge in [0, 0.05) is 0 Å². The van der Waals surface area contributed by atoms with E-state index in [9.17, 15) is 18.7 Å². The Kier molecular flexibility index (Phi) is 4.27. The Morgan fingerprint density at radius 3 is 2.74 bits per heavy atom. The van der Waals surface area contributed by atoms with E-state index in [1.165, 1.54) is 29.2 Å². The highest BCUT2D eigenvalue weighted by atomic mass is 32.2. The number of thiocarbonyl (C=S) groups is 1. The van der Waals surface area contributed by atoms with Crippen LogP contribution in [0.5, 0.6) is 17.2 Å². The van der Waals surface area contributed by atoms with E-state index < -0.39 is 6.29 Å². The maximum absolute atomic E-state index is 13.1. The third kappa shape index (κ3) is 3.60. The van der Waals surface area contributed by atoms with Crippen LogP contribution in [0.3, 0.4) is 0 Å². The molecular formula is C18H11F2NO4S2. The number of ether oxygens (including phenoxy) is 2. The number of nitrogens with zero attached hydrogens (tertiary/aromatic N) is 1. The summed E-state index contributed by atoms with van der Waals surface area (Å²) < 4.78 is 35.4. The predicted molar refractivity (Wildman–Crippen MR) is 99.5 cm³/mol. The molecule has 1 fully saturated rings. The lowest BCUT2D eigenvalue weighted by atomic mass is 10.2. The van der Waals surface area contributed by atoms with Crippen LogP contribution in [-0.4, -0.2) is 26.5 Å². The lowest BCUT2D eigenvalue weighted by Crippen LogP contribution is -2.27. The second-order valence-corrected chi connectivity index (χ2v) is 7.49. The topological polar surface area (TPSA) is 59.0 Å². The number of alkyl halides is 2. The Labute approximate surface area is 162 Å². The van der Waals surface area contributed by atoms with Crippen molar-refractivity contribution in [2.45, 2.75) is 12.8 Å². The first-order chi connectivity index (χ1) is 12.8.